The summed E-state index contributed by atoms with van der Waals surface area (Å²) in [5, 5.41) is 9.65. The van der Waals surface area contributed by atoms with Crippen molar-refractivity contribution in [1.29, 1.82) is 0 Å². The van der Waals surface area contributed by atoms with Crippen molar-refractivity contribution in [2.45, 2.75) is 13.8 Å². The average molecular weight is 159 g/mol. The summed E-state index contributed by atoms with van der Waals surface area (Å²) < 4.78 is 0. The Morgan fingerprint density at radius 2 is 1.70 bits per heavy atom. The van der Waals surface area contributed by atoms with Gasteiger partial charge in [-0.3, -0.25) is 4.79 Å². The van der Waals surface area contributed by atoms with E-state index in [2.05, 4.69) is 15.9 Å². The molecule has 1 rings (SSSR count). The highest BCUT2D eigenvalue weighted by atomic mass is 32.1. The van der Waals surface area contributed by atoms with Gasteiger partial charge in [0.25, 0.3) is 0 Å². The van der Waals surface area contributed by atoms with Crippen molar-refractivity contribution in [1.82, 2.24) is 10.2 Å². The van der Waals surface area contributed by atoms with Gasteiger partial charge in [0.15, 0.2) is 0 Å². The molecule has 0 unspecified atom stereocenters. The summed E-state index contributed by atoms with van der Waals surface area (Å²) in [6.45, 7) is 3.90. The lowest BCUT2D eigenvalue weighted by atomic mass is 10.9. The van der Waals surface area contributed by atoms with E-state index in [1.807, 2.05) is 13.8 Å². The standard InChI is InChI=1S/C4H6N2S.CH3NO/c1-3-5-6-4(2)7-3;2-1-3/h1-2H3;1H,(H2,2,3). The lowest BCUT2D eigenvalue weighted by Gasteiger charge is -1.65. The molecule has 1 aromatic rings. The van der Waals surface area contributed by atoms with Crippen molar-refractivity contribution < 1.29 is 4.79 Å². The zero-order chi connectivity index (χ0) is 7.98. The van der Waals surface area contributed by atoms with Crippen LogP contribution in [0.15, 0.2) is 0 Å². The number of aromatic nitrogens is 2. The van der Waals surface area contributed by atoms with Gasteiger partial charge in [-0.25, -0.2) is 0 Å². The number of primary amides is 1. The smallest absolute Gasteiger partial charge is 0.204 e. The number of aryl methyl sites for hydroxylation is 2. The van der Waals surface area contributed by atoms with Crippen LogP contribution >= 0.6 is 11.3 Å². The van der Waals surface area contributed by atoms with Gasteiger partial charge in [-0.1, -0.05) is 0 Å². The normalized spacial score (nSPS) is 7.80. The van der Waals surface area contributed by atoms with E-state index in [9.17, 15) is 0 Å². The Bertz CT molecular complexity index is 182. The van der Waals surface area contributed by atoms with E-state index in [0.29, 0.717) is 0 Å². The quantitative estimate of drug-likeness (QED) is 0.552. The summed E-state index contributed by atoms with van der Waals surface area (Å²) in [5.41, 5.74) is 4.17. The summed E-state index contributed by atoms with van der Waals surface area (Å²) in [4.78, 5) is 8.58. The van der Waals surface area contributed by atoms with Gasteiger partial charge in [0.1, 0.15) is 10.0 Å². The molecule has 0 saturated carbocycles. The molecule has 0 aromatic carbocycles. The van der Waals surface area contributed by atoms with Gasteiger partial charge in [0.05, 0.1) is 0 Å². The molecule has 0 saturated heterocycles. The SMILES string of the molecule is Cc1nnc(C)s1.NC=O. The fourth-order valence-corrected chi connectivity index (χ4v) is 0.986. The van der Waals surface area contributed by atoms with E-state index < -0.39 is 0 Å². The number of nitrogens with zero attached hydrogens (tertiary/aromatic N) is 2. The van der Waals surface area contributed by atoms with Crippen LogP contribution in [0, 0.1) is 13.8 Å². The minimum atomic E-state index is 0.250. The molecular weight excluding hydrogens is 150 g/mol. The molecule has 4 nitrogen and oxygen atoms in total. The van der Waals surface area contributed by atoms with Gasteiger partial charge >= 0.3 is 0 Å². The summed E-state index contributed by atoms with van der Waals surface area (Å²) >= 11 is 1.62. The predicted molar refractivity (Wildman–Crippen MR) is 39.6 cm³/mol. The molecule has 0 aliphatic heterocycles. The number of carbonyl (C=O) groups is 1. The third kappa shape index (κ3) is 3.96. The second-order valence-electron chi connectivity index (χ2n) is 1.48. The van der Waals surface area contributed by atoms with Crippen LogP contribution in [0.4, 0.5) is 0 Å². The molecule has 1 heterocycles. The molecule has 5 heteroatoms. The molecule has 0 fully saturated rings. The molecule has 1 amide bonds. The fourth-order valence-electron chi connectivity index (χ4n) is 0.395. The summed E-state index contributed by atoms with van der Waals surface area (Å²) in [7, 11) is 0. The second kappa shape index (κ2) is 4.87. The summed E-state index contributed by atoms with van der Waals surface area (Å²) in [6.07, 6.45) is 0.250. The van der Waals surface area contributed by atoms with Gasteiger partial charge in [-0.05, 0) is 13.8 Å². The number of rotatable bonds is 0. The average Bonchev–Trinajstić information content (AvgIpc) is 2.17. The van der Waals surface area contributed by atoms with E-state index in [1.165, 1.54) is 0 Å². The lowest BCUT2D eigenvalue weighted by molar-refractivity contribution is -0.106. The molecule has 0 bridgehead atoms. The van der Waals surface area contributed by atoms with Gasteiger partial charge in [-0.2, -0.15) is 0 Å². The van der Waals surface area contributed by atoms with Crippen LogP contribution in [0.3, 0.4) is 0 Å². The maximum atomic E-state index is 8.58. The van der Waals surface area contributed by atoms with Crippen LogP contribution in [0.2, 0.25) is 0 Å². The van der Waals surface area contributed by atoms with Crippen molar-refractivity contribution in [3.05, 3.63) is 10.0 Å². The van der Waals surface area contributed by atoms with Crippen LogP contribution in [0.5, 0.6) is 0 Å². The van der Waals surface area contributed by atoms with Crippen molar-refractivity contribution in [2.24, 2.45) is 5.73 Å². The molecule has 0 aliphatic rings. The molecule has 10 heavy (non-hydrogen) atoms. The van der Waals surface area contributed by atoms with Gasteiger partial charge in [0.2, 0.25) is 6.41 Å². The van der Waals surface area contributed by atoms with Crippen molar-refractivity contribution >= 4 is 17.7 Å². The van der Waals surface area contributed by atoms with Gasteiger partial charge < -0.3 is 5.73 Å². The Morgan fingerprint density at radius 3 is 1.80 bits per heavy atom. The molecule has 0 radical (unpaired) electrons. The number of carbonyl (C=O) groups excluding carboxylic acids is 1. The number of amides is 1. The van der Waals surface area contributed by atoms with Crippen LogP contribution in [0.25, 0.3) is 0 Å². The van der Waals surface area contributed by atoms with Crippen molar-refractivity contribution in [2.75, 3.05) is 0 Å². The van der Waals surface area contributed by atoms with E-state index in [4.69, 9.17) is 4.79 Å². The van der Waals surface area contributed by atoms with Gasteiger partial charge in [-0.15, -0.1) is 21.5 Å². The van der Waals surface area contributed by atoms with Crippen LogP contribution in [-0.2, 0) is 4.79 Å². The zero-order valence-corrected chi connectivity index (χ0v) is 6.68. The highest BCUT2D eigenvalue weighted by molar-refractivity contribution is 7.11. The lowest BCUT2D eigenvalue weighted by Crippen LogP contribution is -1.82. The zero-order valence-electron chi connectivity index (χ0n) is 5.87. The van der Waals surface area contributed by atoms with E-state index in [-0.39, 0.29) is 6.41 Å². The molecule has 0 atom stereocenters. The Labute approximate surface area is 63.1 Å². The minimum Gasteiger partial charge on any atom is -0.372 e. The Balaban J connectivity index is 0.000000236. The second-order valence-corrected chi connectivity index (χ2v) is 2.86. The van der Waals surface area contributed by atoms with Gasteiger partial charge in [0, 0.05) is 0 Å². The first kappa shape index (κ1) is 9.03. The topological polar surface area (TPSA) is 68.9 Å². The Hall–Kier alpha value is -0.970. The summed E-state index contributed by atoms with van der Waals surface area (Å²) in [5.74, 6) is 0. The third-order valence-corrected chi connectivity index (χ3v) is 1.38. The van der Waals surface area contributed by atoms with Crippen LogP contribution < -0.4 is 5.73 Å². The number of hydrogen-bond acceptors (Lipinski definition) is 4. The maximum absolute atomic E-state index is 8.58. The van der Waals surface area contributed by atoms with E-state index in [1.54, 1.807) is 11.3 Å². The first-order valence-electron chi connectivity index (χ1n) is 2.62. The minimum absolute atomic E-state index is 0.250. The fraction of sp³-hybridized carbons (Fsp3) is 0.400. The number of hydrogen-bond donors (Lipinski definition) is 1. The van der Waals surface area contributed by atoms with E-state index in [0.717, 1.165) is 10.0 Å². The van der Waals surface area contributed by atoms with Crippen LogP contribution in [-0.4, -0.2) is 16.6 Å². The highest BCUT2D eigenvalue weighted by Gasteiger charge is 1.88. The maximum Gasteiger partial charge on any atom is 0.204 e. The Kier molecular flexibility index (Phi) is 4.39. The molecule has 1 aromatic heterocycles. The van der Waals surface area contributed by atoms with E-state index >= 15 is 0 Å². The molecule has 2 N–H and O–H groups in total. The third-order valence-electron chi connectivity index (χ3n) is 0.627. The van der Waals surface area contributed by atoms with Crippen molar-refractivity contribution in [3.8, 4) is 0 Å². The monoisotopic (exact) mass is 159 g/mol. The molecule has 56 valence electrons. The Morgan fingerprint density at radius 1 is 1.40 bits per heavy atom. The predicted octanol–water partition coefficient (Wildman–Crippen LogP) is 0.256. The van der Waals surface area contributed by atoms with Crippen molar-refractivity contribution in [3.63, 3.8) is 0 Å². The molecule has 0 spiro atoms. The molecule has 0 aliphatic carbocycles. The highest BCUT2D eigenvalue weighted by Crippen LogP contribution is 2.03. The van der Waals surface area contributed by atoms with Crippen LogP contribution in [0.1, 0.15) is 10.0 Å². The summed E-state index contributed by atoms with van der Waals surface area (Å²) in [6, 6.07) is 0. The molecular formula is C5H9N3OS. The number of nitrogens with two attached hydrogens (primary N) is 1. The first-order valence-corrected chi connectivity index (χ1v) is 3.44. The first-order chi connectivity index (χ1) is 4.70. The largest absolute Gasteiger partial charge is 0.372 e.